The highest BCUT2D eigenvalue weighted by Gasteiger charge is 2.53. The SMILES string of the molecule is Cc1cc(F)ccc1-c1cc(C)n(C2CC3(C2)CN(C=O)C3)n1. The van der Waals surface area contributed by atoms with Gasteiger partial charge in [-0.1, -0.05) is 0 Å². The van der Waals surface area contributed by atoms with Crippen LogP contribution < -0.4 is 0 Å². The number of rotatable bonds is 3. The fourth-order valence-corrected chi connectivity index (χ4v) is 4.16. The first kappa shape index (κ1) is 14.4. The molecule has 1 saturated carbocycles. The zero-order valence-corrected chi connectivity index (χ0v) is 13.4. The number of amides is 1. The van der Waals surface area contributed by atoms with Gasteiger partial charge in [-0.2, -0.15) is 5.10 Å². The average Bonchev–Trinajstić information content (AvgIpc) is 2.78. The first-order valence-corrected chi connectivity index (χ1v) is 8.02. The highest BCUT2D eigenvalue weighted by atomic mass is 19.1. The lowest BCUT2D eigenvalue weighted by Gasteiger charge is -2.58. The molecule has 2 aliphatic rings. The van der Waals surface area contributed by atoms with Gasteiger partial charge in [-0.3, -0.25) is 9.48 Å². The summed E-state index contributed by atoms with van der Waals surface area (Å²) in [7, 11) is 0. The summed E-state index contributed by atoms with van der Waals surface area (Å²) < 4.78 is 15.4. The molecule has 1 saturated heterocycles. The molecule has 5 heteroatoms. The summed E-state index contributed by atoms with van der Waals surface area (Å²) in [5.74, 6) is -0.215. The summed E-state index contributed by atoms with van der Waals surface area (Å²) in [5, 5.41) is 4.77. The summed E-state index contributed by atoms with van der Waals surface area (Å²) >= 11 is 0. The van der Waals surface area contributed by atoms with Crippen LogP contribution in [0.3, 0.4) is 0 Å². The largest absolute Gasteiger partial charge is 0.344 e. The van der Waals surface area contributed by atoms with Crippen LogP contribution >= 0.6 is 0 Å². The van der Waals surface area contributed by atoms with Crippen LogP contribution in [0.25, 0.3) is 11.3 Å². The summed E-state index contributed by atoms with van der Waals surface area (Å²) in [6, 6.07) is 7.32. The van der Waals surface area contributed by atoms with E-state index in [-0.39, 0.29) is 5.82 Å². The fourth-order valence-electron chi connectivity index (χ4n) is 4.16. The molecule has 0 atom stereocenters. The second-order valence-corrected chi connectivity index (χ2v) is 7.15. The van der Waals surface area contributed by atoms with Crippen molar-refractivity contribution < 1.29 is 9.18 Å². The number of likely N-dealkylation sites (tertiary alicyclic amines) is 1. The topological polar surface area (TPSA) is 38.1 Å². The Labute approximate surface area is 134 Å². The first-order chi connectivity index (χ1) is 11.0. The number of aryl methyl sites for hydroxylation is 2. The summed E-state index contributed by atoms with van der Waals surface area (Å²) in [5.41, 5.74) is 4.26. The van der Waals surface area contributed by atoms with Crippen LogP contribution in [-0.2, 0) is 4.79 Å². The predicted molar refractivity (Wildman–Crippen MR) is 85.4 cm³/mol. The van der Waals surface area contributed by atoms with Gasteiger partial charge < -0.3 is 4.90 Å². The quantitative estimate of drug-likeness (QED) is 0.817. The Hall–Kier alpha value is -2.17. The highest BCUT2D eigenvalue weighted by molar-refractivity contribution is 5.63. The van der Waals surface area contributed by atoms with E-state index < -0.39 is 0 Å². The van der Waals surface area contributed by atoms with Gasteiger partial charge >= 0.3 is 0 Å². The number of benzene rings is 1. The lowest BCUT2D eigenvalue weighted by molar-refractivity contribution is -0.140. The maximum Gasteiger partial charge on any atom is 0.209 e. The highest BCUT2D eigenvalue weighted by Crippen LogP contribution is 2.53. The third-order valence-electron chi connectivity index (χ3n) is 5.30. The standard InChI is InChI=1S/C18H20FN3O/c1-12-5-14(19)3-4-16(12)17-6-13(2)22(20-17)15-7-18(8-15)9-21(10-18)11-23/h3-6,11,15H,7-10H2,1-2H3. The third-order valence-corrected chi connectivity index (χ3v) is 5.30. The van der Waals surface area contributed by atoms with E-state index in [1.165, 1.54) is 6.07 Å². The second kappa shape index (κ2) is 4.91. The number of nitrogens with zero attached hydrogens (tertiary/aromatic N) is 3. The van der Waals surface area contributed by atoms with E-state index in [1.807, 2.05) is 11.8 Å². The molecule has 2 aromatic rings. The number of carbonyl (C=O) groups is 1. The third kappa shape index (κ3) is 2.26. The van der Waals surface area contributed by atoms with Crippen molar-refractivity contribution in [1.29, 1.82) is 0 Å². The molecule has 4 rings (SSSR count). The van der Waals surface area contributed by atoms with E-state index in [9.17, 15) is 9.18 Å². The molecule has 2 fully saturated rings. The molecule has 120 valence electrons. The minimum atomic E-state index is -0.215. The molecule has 1 aliphatic carbocycles. The zero-order chi connectivity index (χ0) is 16.2. The Morgan fingerprint density at radius 1 is 1.26 bits per heavy atom. The van der Waals surface area contributed by atoms with E-state index >= 15 is 0 Å². The summed E-state index contributed by atoms with van der Waals surface area (Å²) in [4.78, 5) is 12.6. The van der Waals surface area contributed by atoms with E-state index in [2.05, 4.69) is 17.7 Å². The van der Waals surface area contributed by atoms with Gasteiger partial charge in [0.25, 0.3) is 0 Å². The monoisotopic (exact) mass is 313 g/mol. The van der Waals surface area contributed by atoms with Gasteiger partial charge in [0, 0.05) is 29.8 Å². The molecule has 1 aliphatic heterocycles. The van der Waals surface area contributed by atoms with Gasteiger partial charge in [0.1, 0.15) is 5.82 Å². The molecule has 1 spiro atoms. The molecule has 1 amide bonds. The zero-order valence-electron chi connectivity index (χ0n) is 13.4. The van der Waals surface area contributed by atoms with Crippen molar-refractivity contribution in [2.75, 3.05) is 13.1 Å². The molecule has 0 unspecified atom stereocenters. The van der Waals surface area contributed by atoms with Crippen LogP contribution in [-0.4, -0.2) is 34.2 Å². The van der Waals surface area contributed by atoms with Crippen molar-refractivity contribution in [3.63, 3.8) is 0 Å². The van der Waals surface area contributed by atoms with Gasteiger partial charge in [-0.15, -0.1) is 0 Å². The number of hydrogen-bond acceptors (Lipinski definition) is 2. The van der Waals surface area contributed by atoms with E-state index in [1.54, 1.807) is 12.1 Å². The molecule has 4 nitrogen and oxygen atoms in total. The summed E-state index contributed by atoms with van der Waals surface area (Å²) in [6.45, 7) is 5.75. The molecule has 0 bridgehead atoms. The Kier molecular flexibility index (Phi) is 3.08. The van der Waals surface area contributed by atoms with Crippen LogP contribution in [0.5, 0.6) is 0 Å². The van der Waals surface area contributed by atoms with Crippen molar-refractivity contribution in [2.24, 2.45) is 5.41 Å². The summed E-state index contributed by atoms with van der Waals surface area (Å²) in [6.07, 6.45) is 3.11. The van der Waals surface area contributed by atoms with Crippen molar-refractivity contribution in [2.45, 2.75) is 32.7 Å². The van der Waals surface area contributed by atoms with Crippen molar-refractivity contribution in [3.05, 3.63) is 41.3 Å². The minimum Gasteiger partial charge on any atom is -0.344 e. The Morgan fingerprint density at radius 2 is 2.00 bits per heavy atom. The lowest BCUT2D eigenvalue weighted by Crippen LogP contribution is -2.61. The Balaban J connectivity index is 1.54. The fraction of sp³-hybridized carbons (Fsp3) is 0.444. The van der Waals surface area contributed by atoms with E-state index in [4.69, 9.17) is 5.10 Å². The molecule has 23 heavy (non-hydrogen) atoms. The van der Waals surface area contributed by atoms with Crippen molar-refractivity contribution >= 4 is 6.41 Å². The number of carbonyl (C=O) groups excluding carboxylic acids is 1. The Morgan fingerprint density at radius 3 is 2.65 bits per heavy atom. The number of hydrogen-bond donors (Lipinski definition) is 0. The second-order valence-electron chi connectivity index (χ2n) is 7.15. The van der Waals surface area contributed by atoms with Crippen molar-refractivity contribution in [3.8, 4) is 11.3 Å². The van der Waals surface area contributed by atoms with Gasteiger partial charge in [-0.05, 0) is 56.5 Å². The Bertz CT molecular complexity index is 769. The smallest absolute Gasteiger partial charge is 0.209 e. The molecule has 2 heterocycles. The minimum absolute atomic E-state index is 0.215. The normalized spacial score (nSPS) is 19.5. The maximum absolute atomic E-state index is 13.3. The lowest BCUT2D eigenvalue weighted by atomic mass is 9.61. The molecule has 1 aromatic heterocycles. The average molecular weight is 313 g/mol. The molecule has 0 radical (unpaired) electrons. The molecular weight excluding hydrogens is 293 g/mol. The predicted octanol–water partition coefficient (Wildman–Crippen LogP) is 3.10. The van der Waals surface area contributed by atoms with Crippen LogP contribution in [0.1, 0.15) is 30.1 Å². The number of aromatic nitrogens is 2. The van der Waals surface area contributed by atoms with Crippen molar-refractivity contribution in [1.82, 2.24) is 14.7 Å². The molecular formula is C18H20FN3O. The maximum atomic E-state index is 13.3. The van der Waals surface area contributed by atoms with E-state index in [0.717, 1.165) is 54.9 Å². The van der Waals surface area contributed by atoms with Crippen LogP contribution in [0.4, 0.5) is 4.39 Å². The molecule has 1 aromatic carbocycles. The van der Waals surface area contributed by atoms with Gasteiger partial charge in [0.05, 0.1) is 11.7 Å². The molecule has 0 N–H and O–H groups in total. The van der Waals surface area contributed by atoms with E-state index in [0.29, 0.717) is 11.5 Å². The number of halogens is 1. The van der Waals surface area contributed by atoms with Gasteiger partial charge in [0.15, 0.2) is 0 Å². The van der Waals surface area contributed by atoms with Crippen LogP contribution in [0.15, 0.2) is 24.3 Å². The van der Waals surface area contributed by atoms with Crippen LogP contribution in [0.2, 0.25) is 0 Å². The first-order valence-electron chi connectivity index (χ1n) is 8.02. The van der Waals surface area contributed by atoms with Gasteiger partial charge in [-0.25, -0.2) is 4.39 Å². The van der Waals surface area contributed by atoms with Crippen LogP contribution in [0, 0.1) is 25.1 Å². The van der Waals surface area contributed by atoms with Gasteiger partial charge in [0.2, 0.25) is 6.41 Å².